The van der Waals surface area contributed by atoms with Gasteiger partial charge in [0.15, 0.2) is 0 Å². The molecule has 1 saturated carbocycles. The summed E-state index contributed by atoms with van der Waals surface area (Å²) in [7, 11) is -3.86. The number of ether oxygens (including phenoxy) is 1. The van der Waals surface area contributed by atoms with Crippen LogP contribution in [0.2, 0.25) is 4.34 Å². The fraction of sp³-hybridized carbons (Fsp3) is 0.474. The minimum absolute atomic E-state index is 0.0639. The van der Waals surface area contributed by atoms with Crippen LogP contribution in [0.15, 0.2) is 40.6 Å². The van der Waals surface area contributed by atoms with Gasteiger partial charge in [0.2, 0.25) is 10.0 Å². The standard InChI is InChI=1S/C19H24ClNO4S2/c20-18-10-16(19(26-18)27(21,23)24)17(11-22)14-6-8-15(9-7-14)25-12-13-4-2-1-3-5-13/h1-5,10,14-15,17,22H,6-9,11-12H2,(H2,21,23,24)/t14?,15?,17-/m0/s1. The van der Waals surface area contributed by atoms with Crippen LogP contribution >= 0.6 is 22.9 Å². The molecule has 0 radical (unpaired) electrons. The van der Waals surface area contributed by atoms with Gasteiger partial charge in [-0.25, -0.2) is 13.6 Å². The Balaban J connectivity index is 1.63. The summed E-state index contributed by atoms with van der Waals surface area (Å²) in [4.78, 5) is 0. The molecule has 5 nitrogen and oxygen atoms in total. The predicted molar refractivity (Wildman–Crippen MR) is 108 cm³/mol. The van der Waals surface area contributed by atoms with Crippen LogP contribution < -0.4 is 5.14 Å². The van der Waals surface area contributed by atoms with Crippen molar-refractivity contribution in [2.75, 3.05) is 6.61 Å². The normalized spacial score (nSPS) is 21.9. The molecule has 3 N–H and O–H groups in total. The number of hydrogen-bond acceptors (Lipinski definition) is 5. The summed E-state index contributed by atoms with van der Waals surface area (Å²) in [6, 6.07) is 11.7. The first kappa shape index (κ1) is 20.8. The molecule has 0 bridgehead atoms. The van der Waals surface area contributed by atoms with Gasteiger partial charge in [0.1, 0.15) is 4.21 Å². The summed E-state index contributed by atoms with van der Waals surface area (Å²) < 4.78 is 30.2. The maximum atomic E-state index is 11.9. The van der Waals surface area contributed by atoms with E-state index in [0.717, 1.165) is 42.6 Å². The highest BCUT2D eigenvalue weighted by molar-refractivity contribution is 7.91. The van der Waals surface area contributed by atoms with Gasteiger partial charge in [-0.2, -0.15) is 0 Å². The zero-order chi connectivity index (χ0) is 19.4. The van der Waals surface area contributed by atoms with E-state index in [4.69, 9.17) is 21.5 Å². The van der Waals surface area contributed by atoms with Gasteiger partial charge >= 0.3 is 0 Å². The number of rotatable bonds is 7. The summed E-state index contributed by atoms with van der Waals surface area (Å²) in [5.41, 5.74) is 1.70. The van der Waals surface area contributed by atoms with Crippen molar-refractivity contribution < 1.29 is 18.3 Å². The molecule has 0 aliphatic heterocycles. The molecular weight excluding hydrogens is 406 g/mol. The first-order valence-corrected chi connectivity index (χ1v) is 11.7. The zero-order valence-electron chi connectivity index (χ0n) is 14.9. The van der Waals surface area contributed by atoms with Crippen molar-refractivity contribution in [3.8, 4) is 0 Å². The van der Waals surface area contributed by atoms with Crippen molar-refractivity contribution in [3.63, 3.8) is 0 Å². The quantitative estimate of drug-likeness (QED) is 0.698. The minimum Gasteiger partial charge on any atom is -0.396 e. The van der Waals surface area contributed by atoms with Gasteiger partial charge in [-0.1, -0.05) is 41.9 Å². The molecule has 1 atom stereocenters. The van der Waals surface area contributed by atoms with Crippen molar-refractivity contribution >= 4 is 33.0 Å². The van der Waals surface area contributed by atoms with Crippen LogP contribution in [0.4, 0.5) is 0 Å². The number of aliphatic hydroxyl groups excluding tert-OH is 1. The van der Waals surface area contributed by atoms with E-state index in [2.05, 4.69) is 0 Å². The lowest BCUT2D eigenvalue weighted by Gasteiger charge is -2.33. The summed E-state index contributed by atoms with van der Waals surface area (Å²) in [6.07, 6.45) is 3.68. The highest BCUT2D eigenvalue weighted by Gasteiger charge is 2.33. The molecule has 0 unspecified atom stereocenters. The first-order chi connectivity index (χ1) is 12.9. The van der Waals surface area contributed by atoms with Gasteiger partial charge in [-0.15, -0.1) is 11.3 Å². The van der Waals surface area contributed by atoms with Crippen molar-refractivity contribution in [2.45, 2.75) is 48.5 Å². The summed E-state index contributed by atoms with van der Waals surface area (Å²) in [5.74, 6) is -0.102. The number of halogens is 1. The van der Waals surface area contributed by atoms with Gasteiger partial charge in [-0.05, 0) is 48.8 Å². The van der Waals surface area contributed by atoms with Crippen LogP contribution in [0, 0.1) is 5.92 Å². The molecule has 148 valence electrons. The lowest BCUT2D eigenvalue weighted by atomic mass is 9.77. The summed E-state index contributed by atoms with van der Waals surface area (Å²) in [5, 5.41) is 15.3. The van der Waals surface area contributed by atoms with E-state index >= 15 is 0 Å². The largest absolute Gasteiger partial charge is 0.396 e. The second-order valence-corrected chi connectivity index (χ2v) is 10.4. The van der Waals surface area contributed by atoms with Crippen LogP contribution in [0.5, 0.6) is 0 Å². The molecule has 1 aliphatic rings. The number of aliphatic hydroxyl groups is 1. The number of primary sulfonamides is 1. The van der Waals surface area contributed by atoms with Crippen molar-refractivity contribution in [1.29, 1.82) is 0 Å². The molecule has 0 spiro atoms. The Kier molecular flexibility index (Phi) is 6.94. The Morgan fingerprint density at radius 1 is 1.22 bits per heavy atom. The molecule has 1 aromatic heterocycles. The molecule has 3 rings (SSSR count). The van der Waals surface area contributed by atoms with E-state index < -0.39 is 10.0 Å². The number of hydrogen-bond donors (Lipinski definition) is 2. The first-order valence-electron chi connectivity index (χ1n) is 8.97. The topological polar surface area (TPSA) is 89.6 Å². The molecular formula is C19H24ClNO4S2. The SMILES string of the molecule is NS(=O)(=O)c1sc(Cl)cc1[C@@H](CO)C1CCC(OCc2ccccc2)CC1. The molecule has 27 heavy (non-hydrogen) atoms. The smallest absolute Gasteiger partial charge is 0.247 e. The molecule has 8 heteroatoms. The third kappa shape index (κ3) is 5.31. The van der Waals surface area contributed by atoms with Gasteiger partial charge in [0, 0.05) is 5.92 Å². The van der Waals surface area contributed by atoms with E-state index in [-0.39, 0.29) is 28.8 Å². The number of nitrogens with two attached hydrogens (primary N) is 1. The van der Waals surface area contributed by atoms with E-state index in [1.807, 2.05) is 30.3 Å². The van der Waals surface area contributed by atoms with Gasteiger partial charge in [0.05, 0.1) is 23.7 Å². The van der Waals surface area contributed by atoms with E-state index in [1.165, 1.54) is 0 Å². The highest BCUT2D eigenvalue weighted by Crippen LogP contribution is 2.42. The molecule has 1 aliphatic carbocycles. The van der Waals surface area contributed by atoms with Crippen LogP contribution in [0.1, 0.15) is 42.7 Å². The molecule has 0 amide bonds. The maximum absolute atomic E-state index is 11.9. The molecule has 1 heterocycles. The van der Waals surface area contributed by atoms with E-state index in [9.17, 15) is 13.5 Å². The van der Waals surface area contributed by atoms with E-state index in [1.54, 1.807) is 6.07 Å². The molecule has 0 saturated heterocycles. The number of benzene rings is 1. The predicted octanol–water partition coefficient (Wildman–Crippen LogP) is 3.90. The summed E-state index contributed by atoms with van der Waals surface area (Å²) >= 11 is 6.98. The van der Waals surface area contributed by atoms with Crippen LogP contribution in [-0.2, 0) is 21.4 Å². The monoisotopic (exact) mass is 429 g/mol. The minimum atomic E-state index is -3.86. The molecule has 1 fully saturated rings. The fourth-order valence-corrected chi connectivity index (χ4v) is 6.24. The summed E-state index contributed by atoms with van der Waals surface area (Å²) in [6.45, 7) is 0.463. The Morgan fingerprint density at radius 2 is 1.89 bits per heavy atom. The second-order valence-electron chi connectivity index (χ2n) is 6.96. The van der Waals surface area contributed by atoms with Crippen LogP contribution in [0.3, 0.4) is 0 Å². The van der Waals surface area contributed by atoms with Crippen LogP contribution in [-0.4, -0.2) is 26.2 Å². The Hall–Kier alpha value is -0.960. The van der Waals surface area contributed by atoms with Crippen LogP contribution in [0.25, 0.3) is 0 Å². The lowest BCUT2D eigenvalue weighted by molar-refractivity contribution is 0.00207. The number of sulfonamides is 1. The van der Waals surface area contributed by atoms with Gasteiger partial charge in [-0.3, -0.25) is 0 Å². The lowest BCUT2D eigenvalue weighted by Crippen LogP contribution is -2.27. The Morgan fingerprint density at radius 3 is 2.48 bits per heavy atom. The third-order valence-corrected chi connectivity index (χ3v) is 7.94. The Bertz CT molecular complexity index is 846. The number of thiophene rings is 1. The average Bonchev–Trinajstić information content (AvgIpc) is 3.04. The van der Waals surface area contributed by atoms with Crippen molar-refractivity contribution in [3.05, 3.63) is 51.9 Å². The van der Waals surface area contributed by atoms with Gasteiger partial charge < -0.3 is 9.84 Å². The highest BCUT2D eigenvalue weighted by atomic mass is 35.5. The second kappa shape index (κ2) is 9.03. The van der Waals surface area contributed by atoms with Gasteiger partial charge in [0.25, 0.3) is 0 Å². The van der Waals surface area contributed by atoms with Crippen molar-refractivity contribution in [2.24, 2.45) is 11.1 Å². The Labute approximate surface area is 169 Å². The average molecular weight is 430 g/mol. The fourth-order valence-electron chi connectivity index (χ4n) is 3.79. The molecule has 1 aromatic carbocycles. The van der Waals surface area contributed by atoms with Crippen molar-refractivity contribution in [1.82, 2.24) is 0 Å². The third-order valence-electron chi connectivity index (χ3n) is 5.17. The molecule has 2 aromatic rings. The maximum Gasteiger partial charge on any atom is 0.247 e. The zero-order valence-corrected chi connectivity index (χ0v) is 17.3. The van der Waals surface area contributed by atoms with E-state index in [0.29, 0.717) is 16.5 Å².